The second-order valence-electron chi connectivity index (χ2n) is 4.84. The Morgan fingerprint density at radius 1 is 1.29 bits per heavy atom. The number of rotatable bonds is 3. The van der Waals surface area contributed by atoms with E-state index in [-0.39, 0.29) is 5.91 Å². The van der Waals surface area contributed by atoms with Gasteiger partial charge in [0, 0.05) is 10.9 Å². The maximum Gasteiger partial charge on any atom is 0.268 e. The van der Waals surface area contributed by atoms with Crippen LogP contribution in [0.5, 0.6) is 0 Å². The van der Waals surface area contributed by atoms with Crippen molar-refractivity contribution in [2.24, 2.45) is 5.73 Å². The van der Waals surface area contributed by atoms with Crippen LogP contribution < -0.4 is 11.1 Å². The van der Waals surface area contributed by atoms with Gasteiger partial charge in [-0.2, -0.15) is 0 Å². The third kappa shape index (κ3) is 2.75. The average molecular weight is 369 g/mol. The number of thiophene rings is 1. The van der Waals surface area contributed by atoms with Crippen molar-refractivity contribution >= 4 is 45.0 Å². The van der Waals surface area contributed by atoms with Crippen molar-refractivity contribution in [3.63, 3.8) is 0 Å². The average Bonchev–Trinajstić information content (AvgIpc) is 3.02. The Hall–Kier alpha value is -1.60. The molecule has 0 bridgehead atoms. The largest absolute Gasteiger partial charge is 0.434 e. The number of hydrogen-bond donors (Lipinski definition) is 2. The molecular weight excluding hydrogens is 356 g/mol. The van der Waals surface area contributed by atoms with E-state index in [1.165, 1.54) is 11.3 Å². The van der Waals surface area contributed by atoms with Crippen LogP contribution >= 0.6 is 27.3 Å². The van der Waals surface area contributed by atoms with Crippen molar-refractivity contribution in [3.05, 3.63) is 37.7 Å². The number of amides is 2. The van der Waals surface area contributed by atoms with E-state index in [1.807, 2.05) is 0 Å². The Kier molecular flexibility index (Phi) is 3.86. The number of primary amides is 1. The van der Waals surface area contributed by atoms with Crippen molar-refractivity contribution in [3.8, 4) is 0 Å². The van der Waals surface area contributed by atoms with Crippen LogP contribution in [0.2, 0.25) is 0 Å². The molecule has 0 spiro atoms. The SMILES string of the molecule is NC(=O)c1c(C(=O)Nc2ccc(Br)o2)sc2c1CCCC2. The van der Waals surface area contributed by atoms with Crippen molar-refractivity contribution in [1.82, 2.24) is 0 Å². The lowest BCUT2D eigenvalue weighted by Crippen LogP contribution is -2.20. The molecule has 0 aromatic carbocycles. The van der Waals surface area contributed by atoms with E-state index in [0.29, 0.717) is 21.0 Å². The predicted molar refractivity (Wildman–Crippen MR) is 83.8 cm³/mol. The van der Waals surface area contributed by atoms with Crippen LogP contribution in [0.25, 0.3) is 0 Å². The molecule has 3 N–H and O–H groups in total. The molecule has 3 rings (SSSR count). The van der Waals surface area contributed by atoms with Crippen LogP contribution in [-0.4, -0.2) is 11.8 Å². The number of furan rings is 1. The van der Waals surface area contributed by atoms with Gasteiger partial charge < -0.3 is 10.2 Å². The Morgan fingerprint density at radius 3 is 2.71 bits per heavy atom. The van der Waals surface area contributed by atoms with E-state index in [1.54, 1.807) is 12.1 Å². The first-order valence-corrected chi connectivity index (χ1v) is 8.18. The predicted octanol–water partition coefficient (Wildman–Crippen LogP) is 3.33. The smallest absolute Gasteiger partial charge is 0.268 e. The summed E-state index contributed by atoms with van der Waals surface area (Å²) in [5.41, 5.74) is 6.80. The Bertz CT molecular complexity index is 720. The van der Waals surface area contributed by atoms with E-state index in [9.17, 15) is 9.59 Å². The molecule has 0 atom stereocenters. The fourth-order valence-electron chi connectivity index (χ4n) is 2.54. The van der Waals surface area contributed by atoms with Crippen molar-refractivity contribution in [1.29, 1.82) is 0 Å². The Balaban J connectivity index is 1.95. The van der Waals surface area contributed by atoms with E-state index < -0.39 is 5.91 Å². The van der Waals surface area contributed by atoms with Gasteiger partial charge in [-0.3, -0.25) is 14.9 Å². The zero-order valence-corrected chi connectivity index (χ0v) is 13.5. The molecule has 0 saturated carbocycles. The summed E-state index contributed by atoms with van der Waals surface area (Å²) in [7, 11) is 0. The van der Waals surface area contributed by atoms with Crippen LogP contribution in [0.4, 0.5) is 5.88 Å². The van der Waals surface area contributed by atoms with Crippen molar-refractivity contribution in [2.45, 2.75) is 25.7 Å². The number of aryl methyl sites for hydroxylation is 1. The Labute approximate surface area is 133 Å². The zero-order chi connectivity index (χ0) is 15.0. The van der Waals surface area contributed by atoms with Crippen molar-refractivity contribution in [2.75, 3.05) is 5.32 Å². The van der Waals surface area contributed by atoms with Gasteiger partial charge in [0.2, 0.25) is 5.88 Å². The van der Waals surface area contributed by atoms with Crippen LogP contribution in [0.3, 0.4) is 0 Å². The monoisotopic (exact) mass is 368 g/mol. The van der Waals surface area contributed by atoms with E-state index in [0.717, 1.165) is 36.1 Å². The standard InChI is InChI=1S/C14H13BrN2O3S/c15-9-5-6-10(20-9)17-14(19)12-11(13(16)18)7-3-1-2-4-8(7)21-12/h5-6H,1-4H2,(H2,16,18)(H,17,19). The minimum Gasteiger partial charge on any atom is -0.434 e. The lowest BCUT2D eigenvalue weighted by atomic mass is 9.94. The highest BCUT2D eigenvalue weighted by atomic mass is 79.9. The maximum absolute atomic E-state index is 12.4. The lowest BCUT2D eigenvalue weighted by Gasteiger charge is -2.11. The lowest BCUT2D eigenvalue weighted by molar-refractivity contribution is 0.0978. The molecule has 0 radical (unpaired) electrons. The molecule has 2 aromatic heterocycles. The molecule has 5 nitrogen and oxygen atoms in total. The molecule has 2 amide bonds. The van der Waals surface area contributed by atoms with Crippen LogP contribution in [0, 0.1) is 0 Å². The second kappa shape index (κ2) is 5.65. The summed E-state index contributed by atoms with van der Waals surface area (Å²) in [6.07, 6.45) is 3.82. The minimum absolute atomic E-state index is 0.327. The fraction of sp³-hybridized carbons (Fsp3) is 0.286. The summed E-state index contributed by atoms with van der Waals surface area (Å²) in [5.74, 6) is -0.570. The molecule has 21 heavy (non-hydrogen) atoms. The van der Waals surface area contributed by atoms with Crippen LogP contribution in [0.1, 0.15) is 43.3 Å². The molecule has 7 heteroatoms. The van der Waals surface area contributed by atoms with Gasteiger partial charge in [-0.1, -0.05) is 0 Å². The number of fused-ring (bicyclic) bond motifs is 1. The number of carbonyl (C=O) groups excluding carboxylic acids is 2. The van der Waals surface area contributed by atoms with Crippen LogP contribution in [0.15, 0.2) is 21.2 Å². The normalized spacial score (nSPS) is 13.8. The first-order valence-electron chi connectivity index (χ1n) is 6.57. The number of nitrogens with two attached hydrogens (primary N) is 1. The summed E-state index contributed by atoms with van der Waals surface area (Å²) in [4.78, 5) is 25.6. The van der Waals surface area contributed by atoms with Crippen LogP contribution in [-0.2, 0) is 12.8 Å². The third-order valence-electron chi connectivity index (χ3n) is 3.43. The van der Waals surface area contributed by atoms with Gasteiger partial charge in [0.1, 0.15) is 4.88 Å². The molecule has 0 unspecified atom stereocenters. The summed E-state index contributed by atoms with van der Waals surface area (Å²) in [6, 6.07) is 3.32. The third-order valence-corrected chi connectivity index (χ3v) is 5.15. The number of anilines is 1. The quantitative estimate of drug-likeness (QED) is 0.870. The molecule has 2 aromatic rings. The van der Waals surface area contributed by atoms with Gasteiger partial charge in [0.15, 0.2) is 4.67 Å². The highest BCUT2D eigenvalue weighted by Gasteiger charge is 2.27. The molecule has 110 valence electrons. The molecular formula is C14H13BrN2O3S. The van der Waals surface area contributed by atoms with Gasteiger partial charge in [-0.25, -0.2) is 0 Å². The minimum atomic E-state index is -0.542. The number of halogens is 1. The van der Waals surface area contributed by atoms with Gasteiger partial charge in [0.25, 0.3) is 11.8 Å². The van der Waals surface area contributed by atoms with Gasteiger partial charge in [0.05, 0.1) is 5.56 Å². The molecule has 0 saturated heterocycles. The zero-order valence-electron chi connectivity index (χ0n) is 11.1. The van der Waals surface area contributed by atoms with Crippen molar-refractivity contribution < 1.29 is 14.0 Å². The maximum atomic E-state index is 12.4. The second-order valence-corrected chi connectivity index (χ2v) is 6.72. The number of nitrogens with one attached hydrogen (secondary N) is 1. The van der Waals surface area contributed by atoms with Gasteiger partial charge in [-0.05, 0) is 53.2 Å². The first-order chi connectivity index (χ1) is 10.1. The highest BCUT2D eigenvalue weighted by molar-refractivity contribution is 9.10. The first kappa shape index (κ1) is 14.3. The number of hydrogen-bond acceptors (Lipinski definition) is 4. The summed E-state index contributed by atoms with van der Waals surface area (Å²) in [5, 5.41) is 2.65. The Morgan fingerprint density at radius 2 is 2.05 bits per heavy atom. The number of carbonyl (C=O) groups is 2. The molecule has 1 aliphatic carbocycles. The molecule has 0 aliphatic heterocycles. The van der Waals surface area contributed by atoms with E-state index in [2.05, 4.69) is 21.2 Å². The molecule has 0 fully saturated rings. The topological polar surface area (TPSA) is 85.3 Å². The summed E-state index contributed by atoms with van der Waals surface area (Å²) in [6.45, 7) is 0. The highest BCUT2D eigenvalue weighted by Crippen LogP contribution is 2.34. The van der Waals surface area contributed by atoms with Gasteiger partial charge in [-0.15, -0.1) is 11.3 Å². The van der Waals surface area contributed by atoms with Gasteiger partial charge >= 0.3 is 0 Å². The summed E-state index contributed by atoms with van der Waals surface area (Å²) >= 11 is 4.53. The summed E-state index contributed by atoms with van der Waals surface area (Å²) < 4.78 is 5.78. The molecule has 2 heterocycles. The fourth-order valence-corrected chi connectivity index (χ4v) is 4.13. The van der Waals surface area contributed by atoms with E-state index in [4.69, 9.17) is 10.2 Å². The molecule has 1 aliphatic rings. The van der Waals surface area contributed by atoms with E-state index >= 15 is 0 Å².